The van der Waals surface area contributed by atoms with E-state index in [1.54, 1.807) is 13.2 Å². The zero-order chi connectivity index (χ0) is 31.5. The number of para-hydroxylation sites is 1. The van der Waals surface area contributed by atoms with E-state index in [1.165, 1.54) is 15.9 Å². The van der Waals surface area contributed by atoms with Gasteiger partial charge in [0.05, 0.1) is 17.3 Å². The van der Waals surface area contributed by atoms with E-state index < -0.39 is 0 Å². The monoisotopic (exact) mass is 643 g/mol. The summed E-state index contributed by atoms with van der Waals surface area (Å²) in [6, 6.07) is 32.8. The molecular formula is C36H26ClN5O3S. The number of benzene rings is 4. The maximum atomic E-state index is 13.4. The van der Waals surface area contributed by atoms with Crippen LogP contribution in [0.15, 0.2) is 114 Å². The normalized spacial score (nSPS) is 11.9. The van der Waals surface area contributed by atoms with E-state index in [1.807, 2.05) is 126 Å². The minimum absolute atomic E-state index is 0.235. The van der Waals surface area contributed by atoms with Crippen LogP contribution in [-0.4, -0.2) is 31.5 Å². The standard InChI is InChI=1S/C36H26ClN5O3S/c1-44-30-16-9-24(10-17-30)11-20-33-38-36-42(39-33)35(43)32(46-36)21-27-22-41(29-5-3-2-4-6-29)40-34(27)26-12-18-31(19-13-26)45-23-25-7-14-28(37)15-8-25/h2-22H,23H2,1H3/b20-11+,32-21-. The van der Waals surface area contributed by atoms with Crippen molar-refractivity contribution in [3.8, 4) is 28.4 Å². The van der Waals surface area contributed by atoms with E-state index in [0.717, 1.165) is 45.1 Å². The van der Waals surface area contributed by atoms with Crippen LogP contribution in [0.4, 0.5) is 0 Å². The molecule has 0 amide bonds. The van der Waals surface area contributed by atoms with Crippen molar-refractivity contribution in [3.63, 3.8) is 0 Å². The van der Waals surface area contributed by atoms with Gasteiger partial charge in [0.15, 0.2) is 5.82 Å². The molecule has 8 nitrogen and oxygen atoms in total. The number of ether oxygens (including phenoxy) is 2. The number of fused-ring (bicyclic) bond motifs is 1. The molecular weight excluding hydrogens is 618 g/mol. The van der Waals surface area contributed by atoms with Gasteiger partial charge in [0.25, 0.3) is 5.56 Å². The van der Waals surface area contributed by atoms with Gasteiger partial charge in [-0.2, -0.15) is 14.6 Å². The van der Waals surface area contributed by atoms with Crippen molar-refractivity contribution in [2.75, 3.05) is 7.11 Å². The first kappa shape index (κ1) is 29.2. The summed E-state index contributed by atoms with van der Waals surface area (Å²) in [5.74, 6) is 1.98. The summed E-state index contributed by atoms with van der Waals surface area (Å²) < 4.78 is 14.9. The van der Waals surface area contributed by atoms with Crippen molar-refractivity contribution in [1.29, 1.82) is 0 Å². The van der Waals surface area contributed by atoms with E-state index in [9.17, 15) is 4.79 Å². The zero-order valence-electron chi connectivity index (χ0n) is 24.6. The molecule has 7 aromatic rings. The molecule has 0 bridgehead atoms. The molecule has 0 spiro atoms. The quantitative estimate of drug-likeness (QED) is 0.169. The van der Waals surface area contributed by atoms with Gasteiger partial charge in [-0.1, -0.05) is 71.5 Å². The molecule has 0 fully saturated rings. The van der Waals surface area contributed by atoms with Gasteiger partial charge in [0.2, 0.25) is 4.96 Å². The SMILES string of the molecule is COc1ccc(/C=C/c2nc3s/c(=C\c4cn(-c5ccccc5)nc4-c4ccc(OCc5ccc(Cl)cc5)cc4)c(=O)n3n2)cc1. The summed E-state index contributed by atoms with van der Waals surface area (Å²) >= 11 is 7.28. The van der Waals surface area contributed by atoms with E-state index in [0.29, 0.717) is 26.9 Å². The highest BCUT2D eigenvalue weighted by Crippen LogP contribution is 2.27. The fourth-order valence-corrected chi connectivity index (χ4v) is 5.86. The van der Waals surface area contributed by atoms with E-state index in [-0.39, 0.29) is 5.56 Å². The van der Waals surface area contributed by atoms with Crippen molar-refractivity contribution in [2.24, 2.45) is 0 Å². The molecule has 0 atom stereocenters. The lowest BCUT2D eigenvalue weighted by Gasteiger charge is -2.07. The summed E-state index contributed by atoms with van der Waals surface area (Å²) in [4.78, 5) is 18.5. The molecule has 4 aromatic carbocycles. The molecule has 0 unspecified atom stereocenters. The Morgan fingerprint density at radius 1 is 0.848 bits per heavy atom. The summed E-state index contributed by atoms with van der Waals surface area (Å²) in [7, 11) is 1.63. The molecule has 0 aliphatic rings. The van der Waals surface area contributed by atoms with Crippen molar-refractivity contribution in [3.05, 3.63) is 152 Å². The largest absolute Gasteiger partial charge is 0.497 e. The van der Waals surface area contributed by atoms with Crippen LogP contribution in [0.3, 0.4) is 0 Å². The summed E-state index contributed by atoms with van der Waals surface area (Å²) in [6.07, 6.45) is 7.46. The number of methoxy groups -OCH3 is 1. The molecule has 0 N–H and O–H groups in total. The van der Waals surface area contributed by atoms with Crippen molar-refractivity contribution >= 4 is 46.1 Å². The smallest absolute Gasteiger partial charge is 0.291 e. The predicted octanol–water partition coefficient (Wildman–Crippen LogP) is 6.96. The lowest BCUT2D eigenvalue weighted by molar-refractivity contribution is 0.306. The third-order valence-corrected chi connectivity index (χ3v) is 8.45. The fraction of sp³-hybridized carbons (Fsp3) is 0.0556. The molecule has 46 heavy (non-hydrogen) atoms. The molecule has 0 aliphatic carbocycles. The second-order valence-corrected chi connectivity index (χ2v) is 11.8. The Morgan fingerprint density at radius 3 is 2.30 bits per heavy atom. The Labute approximate surface area is 273 Å². The number of thiazole rings is 1. The maximum Gasteiger partial charge on any atom is 0.291 e. The summed E-state index contributed by atoms with van der Waals surface area (Å²) in [5, 5.41) is 10.0. The molecule has 3 heterocycles. The Bertz CT molecular complexity index is 2260. The first-order valence-corrected chi connectivity index (χ1v) is 15.6. The zero-order valence-corrected chi connectivity index (χ0v) is 26.2. The van der Waals surface area contributed by atoms with Crippen LogP contribution in [0.2, 0.25) is 5.02 Å². The number of aromatic nitrogens is 5. The highest BCUT2D eigenvalue weighted by atomic mass is 35.5. The number of rotatable bonds is 9. The Kier molecular flexibility index (Phi) is 8.16. The van der Waals surface area contributed by atoms with Crippen LogP contribution >= 0.6 is 22.9 Å². The highest BCUT2D eigenvalue weighted by Gasteiger charge is 2.14. The Balaban J connectivity index is 1.19. The number of hydrogen-bond donors (Lipinski definition) is 0. The third kappa shape index (κ3) is 6.32. The second kappa shape index (κ2) is 12.8. The van der Waals surface area contributed by atoms with E-state index in [2.05, 4.69) is 10.1 Å². The van der Waals surface area contributed by atoms with Gasteiger partial charge in [-0.15, -0.1) is 5.10 Å². The molecule has 226 valence electrons. The molecule has 0 radical (unpaired) electrons. The molecule has 0 saturated heterocycles. The third-order valence-electron chi connectivity index (χ3n) is 7.24. The number of hydrogen-bond acceptors (Lipinski definition) is 7. The lowest BCUT2D eigenvalue weighted by Crippen LogP contribution is -2.23. The average Bonchev–Trinajstić information content (AvgIpc) is 3.79. The van der Waals surface area contributed by atoms with Crippen LogP contribution in [0.25, 0.3) is 40.1 Å². The second-order valence-electron chi connectivity index (χ2n) is 10.3. The van der Waals surface area contributed by atoms with Gasteiger partial charge >= 0.3 is 0 Å². The van der Waals surface area contributed by atoms with Crippen LogP contribution in [0.1, 0.15) is 22.5 Å². The van der Waals surface area contributed by atoms with Gasteiger partial charge in [0, 0.05) is 22.3 Å². The molecule has 10 heteroatoms. The fourth-order valence-electron chi connectivity index (χ4n) is 4.83. The van der Waals surface area contributed by atoms with E-state index >= 15 is 0 Å². The minimum atomic E-state index is -0.235. The van der Waals surface area contributed by atoms with Gasteiger partial charge in [0.1, 0.15) is 23.8 Å². The predicted molar refractivity (Wildman–Crippen MR) is 183 cm³/mol. The first-order valence-electron chi connectivity index (χ1n) is 14.4. The van der Waals surface area contributed by atoms with Crippen LogP contribution in [0.5, 0.6) is 11.5 Å². The van der Waals surface area contributed by atoms with Gasteiger partial charge in [-0.3, -0.25) is 4.79 Å². The van der Waals surface area contributed by atoms with Gasteiger partial charge < -0.3 is 9.47 Å². The van der Waals surface area contributed by atoms with Gasteiger partial charge in [-0.25, -0.2) is 4.68 Å². The van der Waals surface area contributed by atoms with Crippen molar-refractivity contribution < 1.29 is 9.47 Å². The van der Waals surface area contributed by atoms with Crippen molar-refractivity contribution in [1.82, 2.24) is 24.4 Å². The van der Waals surface area contributed by atoms with Crippen LogP contribution in [0, 0.1) is 0 Å². The topological polar surface area (TPSA) is 83.5 Å². The minimum Gasteiger partial charge on any atom is -0.497 e. The van der Waals surface area contributed by atoms with Crippen molar-refractivity contribution in [2.45, 2.75) is 6.61 Å². The highest BCUT2D eigenvalue weighted by molar-refractivity contribution is 7.15. The molecule has 3 aromatic heterocycles. The number of nitrogens with zero attached hydrogens (tertiary/aromatic N) is 5. The maximum absolute atomic E-state index is 13.4. The summed E-state index contributed by atoms with van der Waals surface area (Å²) in [6.45, 7) is 0.428. The molecule has 0 aliphatic heterocycles. The van der Waals surface area contributed by atoms with Crippen LogP contribution in [-0.2, 0) is 6.61 Å². The summed E-state index contributed by atoms with van der Waals surface area (Å²) in [5.41, 5.74) is 5.08. The molecule has 0 saturated carbocycles. The number of halogens is 1. The Hall–Kier alpha value is -5.51. The van der Waals surface area contributed by atoms with Gasteiger partial charge in [-0.05, 0) is 83.9 Å². The average molecular weight is 644 g/mol. The molecule has 7 rings (SSSR count). The Morgan fingerprint density at radius 2 is 1.59 bits per heavy atom. The first-order chi connectivity index (χ1) is 22.5. The van der Waals surface area contributed by atoms with Crippen LogP contribution < -0.4 is 19.6 Å². The van der Waals surface area contributed by atoms with E-state index in [4.69, 9.17) is 26.2 Å². The lowest BCUT2D eigenvalue weighted by atomic mass is 10.1.